The van der Waals surface area contributed by atoms with Crippen LogP contribution in [0.2, 0.25) is 0 Å². The van der Waals surface area contributed by atoms with Crippen molar-refractivity contribution in [3.8, 4) is 22.1 Å². The molecule has 0 fully saturated rings. The molecule has 0 unspecified atom stereocenters. The topological polar surface area (TPSA) is 68.7 Å². The third kappa shape index (κ3) is 5.10. The summed E-state index contributed by atoms with van der Waals surface area (Å²) in [7, 11) is 0. The zero-order chi connectivity index (χ0) is 20.1. The summed E-state index contributed by atoms with van der Waals surface area (Å²) in [5, 5.41) is 11.4. The van der Waals surface area contributed by atoms with Gasteiger partial charge in [-0.05, 0) is 55.7 Å². The van der Waals surface area contributed by atoms with Crippen LogP contribution in [0.4, 0.5) is 0 Å². The summed E-state index contributed by atoms with van der Waals surface area (Å²) in [6, 6.07) is 11.8. The molecule has 0 saturated heterocycles. The first-order valence-corrected chi connectivity index (χ1v) is 9.90. The number of benzene rings is 2. The van der Waals surface area contributed by atoms with Crippen LogP contribution in [0.5, 0.6) is 11.5 Å². The smallest absolute Gasteiger partial charge is 0.309 e. The molecule has 1 N–H and O–H groups in total. The lowest BCUT2D eigenvalue weighted by Crippen LogP contribution is -2.10. The number of thiazole rings is 1. The summed E-state index contributed by atoms with van der Waals surface area (Å²) in [6.07, 6.45) is -0.0676. The Hall–Kier alpha value is -2.86. The number of hydrogen-bond acceptors (Lipinski definition) is 5. The third-order valence-corrected chi connectivity index (χ3v) is 5.28. The molecule has 1 aromatic heterocycles. The molecule has 1 heterocycles. The highest BCUT2D eigenvalue weighted by molar-refractivity contribution is 7.13. The Bertz CT molecular complexity index is 980. The summed E-state index contributed by atoms with van der Waals surface area (Å²) >= 11 is 1.43. The number of aromatic nitrogens is 1. The minimum absolute atomic E-state index is 0.0676. The van der Waals surface area contributed by atoms with Gasteiger partial charge < -0.3 is 14.6 Å². The highest BCUT2D eigenvalue weighted by Crippen LogP contribution is 2.27. The predicted octanol–water partition coefficient (Wildman–Crippen LogP) is 4.82. The molecule has 0 atom stereocenters. The summed E-state index contributed by atoms with van der Waals surface area (Å²) in [6.45, 7) is 7.08. The average molecular weight is 397 g/mol. The summed E-state index contributed by atoms with van der Waals surface area (Å²) in [5.74, 6) is 0.741. The van der Waals surface area contributed by atoms with E-state index in [2.05, 4.69) is 31.8 Å². The van der Waals surface area contributed by atoms with Crippen LogP contribution in [0.3, 0.4) is 0 Å². The first-order valence-electron chi connectivity index (χ1n) is 9.02. The Kier molecular flexibility index (Phi) is 6.31. The second kappa shape index (κ2) is 8.89. The van der Waals surface area contributed by atoms with Crippen LogP contribution in [0.15, 0.2) is 41.8 Å². The Balaban J connectivity index is 1.58. The summed E-state index contributed by atoms with van der Waals surface area (Å²) in [5.41, 5.74) is 5.02. The number of ether oxygens (including phenoxy) is 2. The Morgan fingerprint density at radius 2 is 1.89 bits per heavy atom. The maximum Gasteiger partial charge on any atom is 0.309 e. The lowest BCUT2D eigenvalue weighted by atomic mass is 10.1. The van der Waals surface area contributed by atoms with Crippen LogP contribution < -0.4 is 9.47 Å². The van der Waals surface area contributed by atoms with Crippen molar-refractivity contribution in [1.82, 2.24) is 4.98 Å². The van der Waals surface area contributed by atoms with E-state index in [9.17, 15) is 4.79 Å². The Labute approximate surface area is 168 Å². The molecule has 3 rings (SSSR count). The highest BCUT2D eigenvalue weighted by atomic mass is 32.1. The van der Waals surface area contributed by atoms with Crippen molar-refractivity contribution >= 4 is 17.3 Å². The van der Waals surface area contributed by atoms with Crippen molar-refractivity contribution in [2.45, 2.75) is 27.2 Å². The van der Waals surface area contributed by atoms with Crippen molar-refractivity contribution in [3.63, 3.8) is 0 Å². The Morgan fingerprint density at radius 1 is 1.11 bits per heavy atom. The van der Waals surface area contributed by atoms with Crippen LogP contribution in [0.1, 0.15) is 22.4 Å². The molecule has 6 heteroatoms. The van der Waals surface area contributed by atoms with E-state index in [0.29, 0.717) is 18.9 Å². The average Bonchev–Trinajstić information content (AvgIpc) is 3.10. The fourth-order valence-corrected chi connectivity index (χ4v) is 3.67. The standard InChI is InChI=1S/C22H23NO4S/c1-14-9-15(2)16(3)20(10-14)27-8-7-26-19-6-4-5-17(11-19)22-23-18(13-28-22)12-21(24)25/h4-6,9-11,13H,7-8,12H2,1-3H3,(H,24,25). The van der Waals surface area contributed by atoms with Gasteiger partial charge in [-0.3, -0.25) is 4.79 Å². The molecule has 2 aromatic carbocycles. The third-order valence-electron chi connectivity index (χ3n) is 4.34. The van der Waals surface area contributed by atoms with Gasteiger partial charge in [-0.25, -0.2) is 4.98 Å². The number of rotatable bonds is 8. The van der Waals surface area contributed by atoms with Crippen molar-refractivity contribution in [3.05, 3.63) is 64.2 Å². The second-order valence-corrected chi connectivity index (χ2v) is 7.50. The molecule has 5 nitrogen and oxygen atoms in total. The van der Waals surface area contributed by atoms with Gasteiger partial charge in [0.05, 0.1) is 12.1 Å². The minimum atomic E-state index is -0.882. The minimum Gasteiger partial charge on any atom is -0.490 e. The van der Waals surface area contributed by atoms with Crippen LogP contribution in [0, 0.1) is 20.8 Å². The van der Waals surface area contributed by atoms with Gasteiger partial charge >= 0.3 is 5.97 Å². The number of nitrogens with zero attached hydrogens (tertiary/aromatic N) is 1. The lowest BCUT2D eigenvalue weighted by Gasteiger charge is -2.13. The maximum absolute atomic E-state index is 10.8. The Morgan fingerprint density at radius 3 is 2.68 bits per heavy atom. The van der Waals surface area contributed by atoms with Gasteiger partial charge in [0.15, 0.2) is 0 Å². The van der Waals surface area contributed by atoms with Crippen molar-refractivity contribution < 1.29 is 19.4 Å². The number of aliphatic carboxylic acids is 1. The zero-order valence-corrected chi connectivity index (χ0v) is 17.0. The molecule has 0 radical (unpaired) electrons. The maximum atomic E-state index is 10.8. The molecule has 146 valence electrons. The van der Waals surface area contributed by atoms with Gasteiger partial charge in [-0.15, -0.1) is 11.3 Å². The van der Waals surface area contributed by atoms with Crippen molar-refractivity contribution in [2.75, 3.05) is 13.2 Å². The van der Waals surface area contributed by atoms with E-state index in [0.717, 1.165) is 27.6 Å². The monoisotopic (exact) mass is 397 g/mol. The van der Waals surface area contributed by atoms with Crippen molar-refractivity contribution in [2.24, 2.45) is 0 Å². The fraction of sp³-hybridized carbons (Fsp3) is 0.273. The molecule has 0 bridgehead atoms. The SMILES string of the molecule is Cc1cc(C)c(C)c(OCCOc2cccc(-c3nc(CC(=O)O)cs3)c2)c1. The quantitative estimate of drug-likeness (QED) is 0.552. The van der Waals surface area contributed by atoms with E-state index >= 15 is 0 Å². The summed E-state index contributed by atoms with van der Waals surface area (Å²) in [4.78, 5) is 15.2. The molecule has 0 aliphatic rings. The van der Waals surface area contributed by atoms with Crippen molar-refractivity contribution in [1.29, 1.82) is 0 Å². The highest BCUT2D eigenvalue weighted by Gasteiger charge is 2.09. The second-order valence-electron chi connectivity index (χ2n) is 6.64. The van der Waals surface area contributed by atoms with Crippen LogP contribution in [0.25, 0.3) is 10.6 Å². The fourth-order valence-electron chi connectivity index (χ4n) is 2.86. The van der Waals surface area contributed by atoms with E-state index < -0.39 is 5.97 Å². The first kappa shape index (κ1) is 19.9. The number of hydrogen-bond donors (Lipinski definition) is 1. The molecule has 0 aliphatic heterocycles. The van der Waals surface area contributed by atoms with Gasteiger partial charge in [0.25, 0.3) is 0 Å². The van der Waals surface area contributed by atoms with Gasteiger partial charge in [-0.1, -0.05) is 18.2 Å². The normalized spacial score (nSPS) is 10.7. The first-order chi connectivity index (χ1) is 13.4. The van der Waals surface area contributed by atoms with E-state index in [1.54, 1.807) is 5.38 Å². The van der Waals surface area contributed by atoms with E-state index in [4.69, 9.17) is 14.6 Å². The number of carbonyl (C=O) groups is 1. The molecule has 0 saturated carbocycles. The molecular formula is C22H23NO4S. The van der Waals surface area contributed by atoms with Gasteiger partial charge in [0, 0.05) is 10.9 Å². The van der Waals surface area contributed by atoms with Gasteiger partial charge in [0.1, 0.15) is 29.7 Å². The molecule has 0 amide bonds. The largest absolute Gasteiger partial charge is 0.490 e. The molecular weight excluding hydrogens is 374 g/mol. The van der Waals surface area contributed by atoms with Gasteiger partial charge in [-0.2, -0.15) is 0 Å². The molecule has 0 spiro atoms. The number of carboxylic acids is 1. The summed E-state index contributed by atoms with van der Waals surface area (Å²) < 4.78 is 11.7. The van der Waals surface area contributed by atoms with Crippen LogP contribution >= 0.6 is 11.3 Å². The van der Waals surface area contributed by atoms with E-state index in [1.807, 2.05) is 30.3 Å². The van der Waals surface area contributed by atoms with E-state index in [-0.39, 0.29) is 6.42 Å². The zero-order valence-electron chi connectivity index (χ0n) is 16.2. The predicted molar refractivity (Wildman–Crippen MR) is 111 cm³/mol. The van der Waals surface area contributed by atoms with Gasteiger partial charge in [0.2, 0.25) is 0 Å². The molecule has 3 aromatic rings. The molecule has 0 aliphatic carbocycles. The number of aryl methyl sites for hydroxylation is 2. The van der Waals surface area contributed by atoms with Crippen LogP contribution in [-0.2, 0) is 11.2 Å². The number of carboxylic acid groups (broad SMARTS) is 1. The van der Waals surface area contributed by atoms with Crippen LogP contribution in [-0.4, -0.2) is 29.3 Å². The van der Waals surface area contributed by atoms with E-state index in [1.165, 1.54) is 22.5 Å². The lowest BCUT2D eigenvalue weighted by molar-refractivity contribution is -0.136. The molecule has 28 heavy (non-hydrogen) atoms.